The number of carboxylic acids is 1. The van der Waals surface area contributed by atoms with E-state index in [0.29, 0.717) is 24.5 Å². The molecular weight excluding hydrogens is 276 g/mol. The van der Waals surface area contributed by atoms with E-state index in [4.69, 9.17) is 14.6 Å². The molecule has 0 spiro atoms. The quantitative estimate of drug-likeness (QED) is 0.857. The number of benzene rings is 1. The number of nitrogens with zero attached hydrogens (tertiary/aromatic N) is 1. The van der Waals surface area contributed by atoms with E-state index in [1.165, 1.54) is 0 Å². The van der Waals surface area contributed by atoms with Crippen LogP contribution in [0.2, 0.25) is 0 Å². The van der Waals surface area contributed by atoms with E-state index >= 15 is 0 Å². The third kappa shape index (κ3) is 4.09. The average Bonchev–Trinajstić information content (AvgIpc) is 2.95. The van der Waals surface area contributed by atoms with E-state index < -0.39 is 12.6 Å². The monoisotopic (exact) mass is 294 g/mol. The number of ether oxygens (including phenoxy) is 2. The van der Waals surface area contributed by atoms with Gasteiger partial charge in [0.05, 0.1) is 11.8 Å². The molecule has 2 amide bonds. The molecule has 7 nitrogen and oxygen atoms in total. The summed E-state index contributed by atoms with van der Waals surface area (Å²) in [6.07, 6.45) is 0.871. The number of anilines is 1. The van der Waals surface area contributed by atoms with Crippen LogP contribution in [-0.4, -0.2) is 54.9 Å². The molecule has 1 heterocycles. The van der Waals surface area contributed by atoms with E-state index in [9.17, 15) is 9.59 Å². The maximum Gasteiger partial charge on any atom is 0.341 e. The number of amides is 2. The number of carbonyl (C=O) groups is 2. The van der Waals surface area contributed by atoms with Gasteiger partial charge in [-0.05, 0) is 18.6 Å². The Balaban J connectivity index is 1.99. The second-order valence-corrected chi connectivity index (χ2v) is 4.70. The van der Waals surface area contributed by atoms with Crippen LogP contribution in [0.4, 0.5) is 10.5 Å². The van der Waals surface area contributed by atoms with Crippen LogP contribution in [-0.2, 0) is 9.53 Å². The summed E-state index contributed by atoms with van der Waals surface area (Å²) in [6.45, 7) is 0.714. The first kappa shape index (κ1) is 15.1. The highest BCUT2D eigenvalue weighted by atomic mass is 16.5. The van der Waals surface area contributed by atoms with E-state index in [2.05, 4.69) is 5.32 Å². The lowest BCUT2D eigenvalue weighted by Gasteiger charge is -2.18. The van der Waals surface area contributed by atoms with Crippen LogP contribution in [0.5, 0.6) is 5.75 Å². The molecule has 2 rings (SSSR count). The number of hydrogen-bond acceptors (Lipinski definition) is 4. The summed E-state index contributed by atoms with van der Waals surface area (Å²) in [4.78, 5) is 24.4. The predicted octanol–water partition coefficient (Wildman–Crippen LogP) is 1.40. The summed E-state index contributed by atoms with van der Waals surface area (Å²) < 4.78 is 10.4. The Morgan fingerprint density at radius 2 is 2.19 bits per heavy atom. The fourth-order valence-electron chi connectivity index (χ4n) is 2.13. The highest BCUT2D eigenvalue weighted by Crippen LogP contribution is 2.24. The van der Waals surface area contributed by atoms with Crippen molar-refractivity contribution in [2.24, 2.45) is 0 Å². The van der Waals surface area contributed by atoms with Crippen molar-refractivity contribution in [3.8, 4) is 5.75 Å². The molecule has 1 aliphatic heterocycles. The average molecular weight is 294 g/mol. The van der Waals surface area contributed by atoms with E-state index in [-0.39, 0.29) is 12.1 Å². The zero-order valence-electron chi connectivity index (χ0n) is 11.7. The summed E-state index contributed by atoms with van der Waals surface area (Å²) in [5, 5.41) is 11.4. The van der Waals surface area contributed by atoms with Gasteiger partial charge < -0.3 is 24.8 Å². The summed E-state index contributed by atoms with van der Waals surface area (Å²) in [6, 6.07) is 6.48. The van der Waals surface area contributed by atoms with Crippen LogP contribution in [0.1, 0.15) is 6.42 Å². The number of rotatable bonds is 5. The van der Waals surface area contributed by atoms with Crippen LogP contribution in [0.3, 0.4) is 0 Å². The highest BCUT2D eigenvalue weighted by molar-refractivity contribution is 5.91. The first-order chi connectivity index (χ1) is 10.1. The van der Waals surface area contributed by atoms with E-state index in [1.807, 2.05) is 0 Å². The molecular formula is C14H18N2O5. The van der Waals surface area contributed by atoms with Crippen molar-refractivity contribution in [3.63, 3.8) is 0 Å². The molecule has 0 radical (unpaired) electrons. The molecule has 1 aromatic carbocycles. The molecule has 0 saturated carbocycles. The van der Waals surface area contributed by atoms with Crippen molar-refractivity contribution >= 4 is 17.7 Å². The second-order valence-electron chi connectivity index (χ2n) is 4.70. The van der Waals surface area contributed by atoms with Crippen molar-refractivity contribution in [2.75, 3.05) is 32.1 Å². The summed E-state index contributed by atoms with van der Waals surface area (Å²) in [5.74, 6) is -0.741. The van der Waals surface area contributed by atoms with Crippen LogP contribution >= 0.6 is 0 Å². The van der Waals surface area contributed by atoms with Gasteiger partial charge in [-0.25, -0.2) is 9.59 Å². The van der Waals surface area contributed by atoms with Crippen LogP contribution in [0.15, 0.2) is 24.3 Å². The lowest BCUT2D eigenvalue weighted by molar-refractivity contribution is -0.139. The SMILES string of the molecule is COC1CCN(C(=O)Nc2ccccc2OCC(=O)O)C1. The first-order valence-electron chi connectivity index (χ1n) is 6.62. The van der Waals surface area contributed by atoms with Gasteiger partial charge in [-0.1, -0.05) is 12.1 Å². The summed E-state index contributed by atoms with van der Waals surface area (Å²) in [7, 11) is 1.63. The molecule has 1 aromatic rings. The molecule has 0 aliphatic carbocycles. The van der Waals surface area contributed by atoms with Gasteiger partial charge in [-0.15, -0.1) is 0 Å². The number of aliphatic carboxylic acids is 1. The Labute approximate surface area is 122 Å². The summed E-state index contributed by atoms with van der Waals surface area (Å²) in [5.41, 5.74) is 0.449. The molecule has 21 heavy (non-hydrogen) atoms. The normalized spacial score (nSPS) is 17.6. The maximum atomic E-state index is 12.2. The number of nitrogens with one attached hydrogen (secondary N) is 1. The fraction of sp³-hybridized carbons (Fsp3) is 0.429. The van der Waals surface area contributed by atoms with Crippen molar-refractivity contribution < 1.29 is 24.2 Å². The minimum Gasteiger partial charge on any atom is -0.480 e. The standard InChI is InChI=1S/C14H18N2O5/c1-20-10-6-7-16(8-10)14(19)15-11-4-2-3-5-12(11)21-9-13(17)18/h2-5,10H,6-9H2,1H3,(H,15,19)(H,17,18). The fourth-order valence-corrected chi connectivity index (χ4v) is 2.13. The first-order valence-corrected chi connectivity index (χ1v) is 6.62. The Bertz CT molecular complexity index is 520. The van der Waals surface area contributed by atoms with Crippen molar-refractivity contribution in [1.82, 2.24) is 4.90 Å². The predicted molar refractivity (Wildman–Crippen MR) is 75.6 cm³/mol. The van der Waals surface area contributed by atoms with Gasteiger partial charge in [0, 0.05) is 20.2 Å². The molecule has 1 unspecified atom stereocenters. The zero-order valence-corrected chi connectivity index (χ0v) is 11.7. The number of hydrogen-bond donors (Lipinski definition) is 2. The van der Waals surface area contributed by atoms with Gasteiger partial charge in [-0.3, -0.25) is 0 Å². The van der Waals surface area contributed by atoms with Crippen LogP contribution in [0.25, 0.3) is 0 Å². The van der Waals surface area contributed by atoms with E-state index in [1.54, 1.807) is 36.3 Å². The maximum absolute atomic E-state index is 12.2. The topological polar surface area (TPSA) is 88.1 Å². The minimum absolute atomic E-state index is 0.0641. The van der Waals surface area contributed by atoms with Gasteiger partial charge in [0.2, 0.25) is 0 Å². The summed E-state index contributed by atoms with van der Waals surface area (Å²) >= 11 is 0. The van der Waals surface area contributed by atoms with Crippen molar-refractivity contribution in [2.45, 2.75) is 12.5 Å². The molecule has 114 valence electrons. The Kier molecular flexibility index (Phi) is 4.99. The zero-order chi connectivity index (χ0) is 15.2. The second kappa shape index (κ2) is 6.94. The molecule has 0 bridgehead atoms. The van der Waals surface area contributed by atoms with Gasteiger partial charge in [0.25, 0.3) is 0 Å². The lowest BCUT2D eigenvalue weighted by atomic mass is 10.3. The molecule has 1 fully saturated rings. The Hall–Kier alpha value is -2.28. The number of likely N-dealkylation sites (tertiary alicyclic amines) is 1. The van der Waals surface area contributed by atoms with Gasteiger partial charge in [0.1, 0.15) is 5.75 Å². The molecule has 1 aliphatic rings. The molecule has 1 atom stereocenters. The number of carbonyl (C=O) groups excluding carboxylic acids is 1. The van der Waals surface area contributed by atoms with Crippen LogP contribution < -0.4 is 10.1 Å². The molecule has 2 N–H and O–H groups in total. The molecule has 1 saturated heterocycles. The lowest BCUT2D eigenvalue weighted by Crippen LogP contribution is -2.34. The smallest absolute Gasteiger partial charge is 0.341 e. The highest BCUT2D eigenvalue weighted by Gasteiger charge is 2.26. The minimum atomic E-state index is -1.07. The number of urea groups is 1. The van der Waals surface area contributed by atoms with Gasteiger partial charge in [0.15, 0.2) is 6.61 Å². The number of para-hydroxylation sites is 2. The van der Waals surface area contributed by atoms with E-state index in [0.717, 1.165) is 6.42 Å². The number of methoxy groups -OCH3 is 1. The molecule has 7 heteroatoms. The third-order valence-electron chi connectivity index (χ3n) is 3.25. The number of carboxylic acid groups (broad SMARTS) is 1. The largest absolute Gasteiger partial charge is 0.480 e. The third-order valence-corrected chi connectivity index (χ3v) is 3.25. The Morgan fingerprint density at radius 1 is 1.43 bits per heavy atom. The van der Waals surface area contributed by atoms with Crippen molar-refractivity contribution in [3.05, 3.63) is 24.3 Å². The van der Waals surface area contributed by atoms with Gasteiger partial charge in [-0.2, -0.15) is 0 Å². The van der Waals surface area contributed by atoms with Crippen LogP contribution in [0, 0.1) is 0 Å². The molecule has 0 aromatic heterocycles. The van der Waals surface area contributed by atoms with Gasteiger partial charge >= 0.3 is 12.0 Å². The van der Waals surface area contributed by atoms with Crippen molar-refractivity contribution in [1.29, 1.82) is 0 Å². The Morgan fingerprint density at radius 3 is 2.86 bits per heavy atom.